The number of aliphatic hydroxyl groups is 1. The molecule has 1 N–H and O–H groups in total. The molecular weight excluding hydrogens is 484 g/mol. The van der Waals surface area contributed by atoms with Gasteiger partial charge in [-0.05, 0) is 67.8 Å². The van der Waals surface area contributed by atoms with Crippen LogP contribution in [0.3, 0.4) is 0 Å². The third kappa shape index (κ3) is 4.60. The molecule has 4 heterocycles. The fourth-order valence-corrected chi connectivity index (χ4v) is 6.90. The van der Waals surface area contributed by atoms with E-state index < -0.39 is 5.54 Å². The summed E-state index contributed by atoms with van der Waals surface area (Å²) < 4.78 is 2.24. The molecule has 6 nitrogen and oxygen atoms in total. The van der Waals surface area contributed by atoms with Crippen LogP contribution >= 0.6 is 11.6 Å². The van der Waals surface area contributed by atoms with Gasteiger partial charge < -0.3 is 19.5 Å². The van der Waals surface area contributed by atoms with Crippen LogP contribution in [0.15, 0.2) is 60.9 Å². The minimum absolute atomic E-state index is 0.180. The zero-order valence-corrected chi connectivity index (χ0v) is 22.0. The number of carbonyl (C=O) groups is 1. The van der Waals surface area contributed by atoms with Crippen molar-refractivity contribution in [2.45, 2.75) is 50.2 Å². The zero-order chi connectivity index (χ0) is 25.4. The number of aromatic nitrogens is 2. The van der Waals surface area contributed by atoms with Gasteiger partial charge >= 0.3 is 0 Å². The minimum atomic E-state index is -0.490. The van der Waals surface area contributed by atoms with Gasteiger partial charge in [0.15, 0.2) is 0 Å². The molecule has 2 aromatic carbocycles. The smallest absolute Gasteiger partial charge is 0.222 e. The van der Waals surface area contributed by atoms with E-state index >= 15 is 0 Å². The summed E-state index contributed by atoms with van der Waals surface area (Å²) in [6.07, 6.45) is 8.92. The lowest BCUT2D eigenvalue weighted by Crippen LogP contribution is -2.45. The number of hydrogen-bond donors (Lipinski definition) is 1. The van der Waals surface area contributed by atoms with Crippen molar-refractivity contribution >= 4 is 17.5 Å². The number of fused-ring (bicyclic) bond motifs is 3. The molecule has 0 spiro atoms. The molecule has 1 aromatic heterocycles. The second-order valence-electron chi connectivity index (χ2n) is 10.9. The first-order chi connectivity index (χ1) is 18.0. The van der Waals surface area contributed by atoms with Crippen LogP contribution in [0, 0.1) is 5.92 Å². The Morgan fingerprint density at radius 1 is 1.05 bits per heavy atom. The molecule has 0 saturated carbocycles. The zero-order valence-electron chi connectivity index (χ0n) is 21.2. The summed E-state index contributed by atoms with van der Waals surface area (Å²) in [5, 5.41) is 10.7. The van der Waals surface area contributed by atoms with Gasteiger partial charge in [-0.15, -0.1) is 0 Å². The molecule has 6 rings (SSSR count). The normalized spacial score (nSPS) is 24.2. The van der Waals surface area contributed by atoms with Gasteiger partial charge in [-0.25, -0.2) is 4.98 Å². The Labute approximate surface area is 223 Å². The maximum Gasteiger partial charge on any atom is 0.222 e. The van der Waals surface area contributed by atoms with Crippen LogP contribution < -0.4 is 0 Å². The van der Waals surface area contributed by atoms with Gasteiger partial charge in [0, 0.05) is 55.6 Å². The molecule has 3 aromatic rings. The largest absolute Gasteiger partial charge is 0.392 e. The highest BCUT2D eigenvalue weighted by Crippen LogP contribution is 2.49. The van der Waals surface area contributed by atoms with Gasteiger partial charge in [-0.3, -0.25) is 4.79 Å². The molecule has 3 aliphatic rings. The molecule has 0 aliphatic carbocycles. The Morgan fingerprint density at radius 3 is 2.62 bits per heavy atom. The van der Waals surface area contributed by atoms with E-state index in [4.69, 9.17) is 11.6 Å². The maximum atomic E-state index is 13.5. The monoisotopic (exact) mass is 518 g/mol. The standard InChI is InChI=1S/C30H35ClN4O2/c31-24-9-7-23(8-10-24)30(27-6-2-1-5-26(27)29-32-15-19-35(29)30)14-11-28(37)34-17-12-22(13-18-34)20-33-16-3-4-25(36)21-33/h1-2,5-10,15,19,22,25,36H,3-4,11-14,16-18,20-21H2. The molecule has 3 aliphatic heterocycles. The van der Waals surface area contributed by atoms with E-state index in [9.17, 15) is 9.90 Å². The molecule has 7 heteroatoms. The number of β-amino-alcohol motifs (C(OH)–C–C–N with tert-alkyl or cyclic N) is 1. The predicted molar refractivity (Wildman–Crippen MR) is 146 cm³/mol. The second kappa shape index (κ2) is 10.2. The minimum Gasteiger partial charge on any atom is -0.392 e. The van der Waals surface area contributed by atoms with Crippen molar-refractivity contribution in [1.29, 1.82) is 0 Å². The molecule has 37 heavy (non-hydrogen) atoms. The van der Waals surface area contributed by atoms with E-state index in [0.29, 0.717) is 23.8 Å². The van der Waals surface area contributed by atoms with Gasteiger partial charge in [0.2, 0.25) is 5.91 Å². The number of piperidine rings is 2. The van der Waals surface area contributed by atoms with Crippen molar-refractivity contribution in [3.05, 3.63) is 77.1 Å². The third-order valence-electron chi connectivity index (χ3n) is 8.65. The summed E-state index contributed by atoms with van der Waals surface area (Å²) >= 11 is 6.26. The van der Waals surface area contributed by atoms with Crippen molar-refractivity contribution < 1.29 is 9.90 Å². The summed E-state index contributed by atoms with van der Waals surface area (Å²) in [7, 11) is 0. The van der Waals surface area contributed by atoms with Crippen LogP contribution in [0.1, 0.15) is 49.7 Å². The lowest BCUT2D eigenvalue weighted by Gasteiger charge is -2.38. The van der Waals surface area contributed by atoms with Crippen LogP contribution in [0.5, 0.6) is 0 Å². The van der Waals surface area contributed by atoms with Crippen LogP contribution in [0.25, 0.3) is 11.4 Å². The Hall–Kier alpha value is -2.67. The van der Waals surface area contributed by atoms with Crippen molar-refractivity contribution in [2.75, 3.05) is 32.7 Å². The molecule has 0 bridgehead atoms. The molecule has 194 valence electrons. The van der Waals surface area contributed by atoms with Crippen molar-refractivity contribution in [3.63, 3.8) is 0 Å². The van der Waals surface area contributed by atoms with Crippen LogP contribution in [-0.4, -0.2) is 69.2 Å². The molecule has 1 amide bonds. The molecule has 2 unspecified atom stereocenters. The number of nitrogens with zero attached hydrogens (tertiary/aromatic N) is 4. The lowest BCUT2D eigenvalue weighted by atomic mass is 9.79. The number of carbonyl (C=O) groups excluding carboxylic acids is 1. The van der Waals surface area contributed by atoms with Crippen LogP contribution in [0.4, 0.5) is 0 Å². The SMILES string of the molecule is O=C(CCC1(c2ccc(Cl)cc2)c2ccccc2-c2nccn21)N1CCC(CN2CCCC(O)C2)CC1. The van der Waals surface area contributed by atoms with E-state index in [1.807, 2.05) is 24.5 Å². The van der Waals surface area contributed by atoms with Crippen molar-refractivity contribution in [3.8, 4) is 11.4 Å². The molecule has 2 saturated heterocycles. The number of amides is 1. The molecule has 2 fully saturated rings. The number of imidazole rings is 1. The van der Waals surface area contributed by atoms with E-state index in [-0.39, 0.29) is 12.0 Å². The van der Waals surface area contributed by atoms with E-state index in [0.717, 1.165) is 75.4 Å². The Balaban J connectivity index is 1.18. The van der Waals surface area contributed by atoms with Crippen LogP contribution in [-0.2, 0) is 10.3 Å². The summed E-state index contributed by atoms with van der Waals surface area (Å²) in [6, 6.07) is 16.5. The number of likely N-dealkylation sites (tertiary alicyclic amines) is 2. The highest BCUT2D eigenvalue weighted by Gasteiger charge is 2.45. The quantitative estimate of drug-likeness (QED) is 0.510. The van der Waals surface area contributed by atoms with Gasteiger partial charge in [-0.2, -0.15) is 0 Å². The molecular formula is C30H35ClN4O2. The fourth-order valence-electron chi connectivity index (χ4n) is 6.77. The van der Waals surface area contributed by atoms with Crippen molar-refractivity contribution in [1.82, 2.24) is 19.4 Å². The van der Waals surface area contributed by atoms with Gasteiger partial charge in [0.05, 0.1) is 11.6 Å². The van der Waals surface area contributed by atoms with E-state index in [2.05, 4.69) is 55.7 Å². The average molecular weight is 519 g/mol. The average Bonchev–Trinajstić information content (AvgIpc) is 3.50. The first-order valence-electron chi connectivity index (χ1n) is 13.6. The van der Waals surface area contributed by atoms with Crippen LogP contribution in [0.2, 0.25) is 5.02 Å². The summed E-state index contributed by atoms with van der Waals surface area (Å²) in [6.45, 7) is 4.56. The Bertz CT molecular complexity index is 1250. The van der Waals surface area contributed by atoms with E-state index in [1.54, 1.807) is 0 Å². The number of aliphatic hydroxyl groups excluding tert-OH is 1. The highest BCUT2D eigenvalue weighted by atomic mass is 35.5. The summed E-state index contributed by atoms with van der Waals surface area (Å²) in [4.78, 5) is 22.7. The summed E-state index contributed by atoms with van der Waals surface area (Å²) in [5.74, 6) is 1.78. The Morgan fingerprint density at radius 2 is 1.84 bits per heavy atom. The molecule has 0 radical (unpaired) electrons. The Kier molecular flexibility index (Phi) is 6.82. The second-order valence-corrected chi connectivity index (χ2v) is 11.3. The van der Waals surface area contributed by atoms with Gasteiger partial charge in [-0.1, -0.05) is 48.0 Å². The van der Waals surface area contributed by atoms with Gasteiger partial charge in [0.25, 0.3) is 0 Å². The van der Waals surface area contributed by atoms with Gasteiger partial charge in [0.1, 0.15) is 5.82 Å². The first kappa shape index (κ1) is 24.7. The number of hydrogen-bond acceptors (Lipinski definition) is 4. The number of halogens is 1. The topological polar surface area (TPSA) is 61.6 Å². The highest BCUT2D eigenvalue weighted by molar-refractivity contribution is 6.30. The summed E-state index contributed by atoms with van der Waals surface area (Å²) in [5.41, 5.74) is 2.95. The van der Waals surface area contributed by atoms with Crippen molar-refractivity contribution in [2.24, 2.45) is 5.92 Å². The third-order valence-corrected chi connectivity index (χ3v) is 8.90. The first-order valence-corrected chi connectivity index (χ1v) is 14.0. The predicted octanol–water partition coefficient (Wildman–Crippen LogP) is 4.78. The maximum absolute atomic E-state index is 13.5. The van der Waals surface area contributed by atoms with E-state index in [1.165, 1.54) is 5.56 Å². The number of benzene rings is 2. The molecule has 2 atom stereocenters. The number of rotatable bonds is 6. The fraction of sp³-hybridized carbons (Fsp3) is 0.467. The lowest BCUT2D eigenvalue weighted by molar-refractivity contribution is -0.133.